The molecule has 1 N–H and O–H groups in total. The van der Waals surface area contributed by atoms with E-state index in [-0.39, 0.29) is 5.91 Å². The summed E-state index contributed by atoms with van der Waals surface area (Å²) in [4.78, 5) is 19.8. The molecule has 1 fully saturated rings. The van der Waals surface area contributed by atoms with Gasteiger partial charge in [0.1, 0.15) is 18.2 Å². The summed E-state index contributed by atoms with van der Waals surface area (Å²) < 4.78 is 8.37. The number of ether oxygens (including phenoxy) is 1. The van der Waals surface area contributed by atoms with Gasteiger partial charge in [0.05, 0.1) is 17.6 Å². The van der Waals surface area contributed by atoms with Gasteiger partial charge in [0.25, 0.3) is 0 Å². The van der Waals surface area contributed by atoms with Crippen molar-refractivity contribution >= 4 is 22.6 Å². The van der Waals surface area contributed by atoms with Gasteiger partial charge in [0.15, 0.2) is 0 Å². The average Bonchev–Trinajstić information content (AvgIpc) is 3.24. The van der Waals surface area contributed by atoms with E-state index in [1.165, 1.54) is 0 Å². The van der Waals surface area contributed by atoms with Gasteiger partial charge in [-0.05, 0) is 87.2 Å². The van der Waals surface area contributed by atoms with Crippen LogP contribution in [0.5, 0.6) is 5.75 Å². The molecule has 0 unspecified atom stereocenters. The van der Waals surface area contributed by atoms with E-state index in [4.69, 9.17) is 9.72 Å². The number of amides is 1. The highest BCUT2D eigenvalue weighted by atomic mass is 16.5. The van der Waals surface area contributed by atoms with Crippen LogP contribution in [0.1, 0.15) is 29.8 Å². The van der Waals surface area contributed by atoms with E-state index in [1.54, 1.807) is 0 Å². The number of para-hydroxylation sites is 3. The Bertz CT molecular complexity index is 1320. The topological polar surface area (TPSA) is 59.4 Å². The molecule has 6 heteroatoms. The molecule has 1 aromatic heterocycles. The number of aromatic nitrogens is 2. The van der Waals surface area contributed by atoms with Crippen molar-refractivity contribution in [3.05, 3.63) is 89.7 Å². The molecule has 4 aromatic rings. The Morgan fingerprint density at radius 3 is 2.56 bits per heavy atom. The summed E-state index contributed by atoms with van der Waals surface area (Å²) in [6.07, 6.45) is 2.12. The third-order valence-corrected chi connectivity index (χ3v) is 7.03. The Morgan fingerprint density at radius 2 is 1.75 bits per heavy atom. The quantitative estimate of drug-likeness (QED) is 0.356. The lowest BCUT2D eigenvalue weighted by Gasteiger charge is -2.32. The fourth-order valence-electron chi connectivity index (χ4n) is 4.95. The first kappa shape index (κ1) is 24.1. The molecule has 0 spiro atoms. The molecule has 1 amide bonds. The molecular weight excluding hydrogens is 448 g/mol. The van der Waals surface area contributed by atoms with Crippen LogP contribution in [-0.2, 0) is 17.9 Å². The molecule has 1 aliphatic rings. The number of rotatable bonds is 8. The molecule has 1 aliphatic heterocycles. The number of likely N-dealkylation sites (tertiary alicyclic amines) is 1. The van der Waals surface area contributed by atoms with Crippen molar-refractivity contribution in [3.63, 3.8) is 0 Å². The predicted octanol–water partition coefficient (Wildman–Crippen LogP) is 5.58. The molecule has 1 saturated heterocycles. The standard InChI is InChI=1S/C30H34N4O2/c1-22-12-13-23(2)27(18-22)32-30(35)20-33-16-14-24(15-17-33)19-34-28-11-7-6-10-26(28)31-29(34)21-36-25-8-4-3-5-9-25/h3-13,18,24H,14-17,19-21H2,1-2H3,(H,32,35). The van der Waals surface area contributed by atoms with Crippen molar-refractivity contribution in [1.29, 1.82) is 0 Å². The second kappa shape index (κ2) is 11.0. The monoisotopic (exact) mass is 482 g/mol. The molecule has 3 aromatic carbocycles. The van der Waals surface area contributed by atoms with E-state index in [0.717, 1.165) is 71.9 Å². The lowest BCUT2D eigenvalue weighted by Crippen LogP contribution is -2.40. The van der Waals surface area contributed by atoms with Crippen molar-refractivity contribution in [2.75, 3.05) is 25.0 Å². The van der Waals surface area contributed by atoms with Crippen LogP contribution < -0.4 is 10.1 Å². The number of hydrogen-bond donors (Lipinski definition) is 1. The zero-order chi connectivity index (χ0) is 24.9. The number of piperidine rings is 1. The minimum atomic E-state index is 0.0584. The summed E-state index contributed by atoms with van der Waals surface area (Å²) in [7, 11) is 0. The van der Waals surface area contributed by atoms with E-state index in [2.05, 4.69) is 45.1 Å². The number of anilines is 1. The summed E-state index contributed by atoms with van der Waals surface area (Å²) in [5, 5.41) is 3.09. The molecule has 6 nitrogen and oxygen atoms in total. The van der Waals surface area contributed by atoms with Crippen LogP contribution >= 0.6 is 0 Å². The Labute approximate surface area is 212 Å². The van der Waals surface area contributed by atoms with Crippen molar-refractivity contribution in [2.24, 2.45) is 5.92 Å². The Kier molecular flexibility index (Phi) is 7.33. The van der Waals surface area contributed by atoms with Crippen LogP contribution in [0.25, 0.3) is 11.0 Å². The van der Waals surface area contributed by atoms with Crippen LogP contribution in [0.15, 0.2) is 72.8 Å². The van der Waals surface area contributed by atoms with Gasteiger partial charge < -0.3 is 14.6 Å². The normalized spacial score (nSPS) is 14.7. The maximum atomic E-state index is 12.7. The fourth-order valence-corrected chi connectivity index (χ4v) is 4.95. The van der Waals surface area contributed by atoms with Gasteiger partial charge in [-0.15, -0.1) is 0 Å². The largest absolute Gasteiger partial charge is 0.486 e. The number of benzene rings is 3. The van der Waals surface area contributed by atoms with E-state index in [9.17, 15) is 4.79 Å². The number of aryl methyl sites for hydroxylation is 2. The number of hydrogen-bond acceptors (Lipinski definition) is 4. The van der Waals surface area contributed by atoms with Crippen LogP contribution in [0, 0.1) is 19.8 Å². The van der Waals surface area contributed by atoms with Crippen molar-refractivity contribution in [2.45, 2.75) is 39.8 Å². The average molecular weight is 483 g/mol. The summed E-state index contributed by atoms with van der Waals surface area (Å²) >= 11 is 0. The minimum absolute atomic E-state index is 0.0584. The number of carbonyl (C=O) groups is 1. The third-order valence-electron chi connectivity index (χ3n) is 7.03. The lowest BCUT2D eigenvalue weighted by atomic mass is 9.96. The lowest BCUT2D eigenvalue weighted by molar-refractivity contribution is -0.117. The molecule has 0 radical (unpaired) electrons. The van der Waals surface area contributed by atoms with Gasteiger partial charge in [0, 0.05) is 12.2 Å². The van der Waals surface area contributed by atoms with E-state index in [1.807, 2.05) is 56.3 Å². The summed E-state index contributed by atoms with van der Waals surface area (Å²) in [5.74, 6) is 2.40. The smallest absolute Gasteiger partial charge is 0.238 e. The second-order valence-corrected chi connectivity index (χ2v) is 9.82. The van der Waals surface area contributed by atoms with Crippen LogP contribution in [-0.4, -0.2) is 40.0 Å². The summed E-state index contributed by atoms with van der Waals surface area (Å²) in [5.41, 5.74) is 5.31. The maximum Gasteiger partial charge on any atom is 0.238 e. The zero-order valence-corrected chi connectivity index (χ0v) is 21.1. The molecule has 2 heterocycles. The number of nitrogens with zero attached hydrogens (tertiary/aromatic N) is 3. The van der Waals surface area contributed by atoms with Gasteiger partial charge in [0.2, 0.25) is 5.91 Å². The highest BCUT2D eigenvalue weighted by molar-refractivity contribution is 5.93. The van der Waals surface area contributed by atoms with E-state index in [0.29, 0.717) is 19.1 Å². The van der Waals surface area contributed by atoms with E-state index >= 15 is 0 Å². The van der Waals surface area contributed by atoms with E-state index < -0.39 is 0 Å². The Hall–Kier alpha value is -3.64. The van der Waals surface area contributed by atoms with Crippen LogP contribution in [0.4, 0.5) is 5.69 Å². The third kappa shape index (κ3) is 5.77. The molecule has 0 aliphatic carbocycles. The Balaban J connectivity index is 1.19. The molecular formula is C30H34N4O2. The molecule has 186 valence electrons. The predicted molar refractivity (Wildman–Crippen MR) is 144 cm³/mol. The molecule has 0 atom stereocenters. The maximum absolute atomic E-state index is 12.7. The number of nitrogens with one attached hydrogen (secondary N) is 1. The van der Waals surface area contributed by atoms with Gasteiger partial charge in [-0.3, -0.25) is 9.69 Å². The highest BCUT2D eigenvalue weighted by Gasteiger charge is 2.23. The van der Waals surface area contributed by atoms with Gasteiger partial charge in [-0.1, -0.05) is 42.5 Å². The summed E-state index contributed by atoms with van der Waals surface area (Å²) in [6, 6.07) is 24.4. The van der Waals surface area contributed by atoms with Crippen molar-refractivity contribution < 1.29 is 9.53 Å². The first-order valence-corrected chi connectivity index (χ1v) is 12.8. The molecule has 0 saturated carbocycles. The number of carbonyl (C=O) groups excluding carboxylic acids is 1. The molecule has 0 bridgehead atoms. The van der Waals surface area contributed by atoms with Crippen molar-refractivity contribution in [3.8, 4) is 5.75 Å². The zero-order valence-electron chi connectivity index (χ0n) is 21.1. The highest BCUT2D eigenvalue weighted by Crippen LogP contribution is 2.25. The van der Waals surface area contributed by atoms with Gasteiger partial charge >= 0.3 is 0 Å². The SMILES string of the molecule is Cc1ccc(C)c(NC(=O)CN2CCC(Cn3c(COc4ccccc4)nc4ccccc43)CC2)c1. The number of imidazole rings is 1. The summed E-state index contributed by atoms with van der Waals surface area (Å²) in [6.45, 7) is 7.71. The fraction of sp³-hybridized carbons (Fsp3) is 0.333. The minimum Gasteiger partial charge on any atom is -0.486 e. The van der Waals surface area contributed by atoms with Crippen molar-refractivity contribution in [1.82, 2.24) is 14.5 Å². The number of fused-ring (bicyclic) bond motifs is 1. The van der Waals surface area contributed by atoms with Crippen LogP contribution in [0.3, 0.4) is 0 Å². The first-order chi connectivity index (χ1) is 17.5. The second-order valence-electron chi connectivity index (χ2n) is 9.82. The van der Waals surface area contributed by atoms with Gasteiger partial charge in [-0.25, -0.2) is 4.98 Å². The van der Waals surface area contributed by atoms with Crippen LogP contribution in [0.2, 0.25) is 0 Å². The Morgan fingerprint density at radius 1 is 1.00 bits per heavy atom. The molecule has 5 rings (SSSR count). The molecule has 36 heavy (non-hydrogen) atoms. The first-order valence-electron chi connectivity index (χ1n) is 12.8. The van der Waals surface area contributed by atoms with Gasteiger partial charge in [-0.2, -0.15) is 0 Å².